The van der Waals surface area contributed by atoms with Crippen molar-refractivity contribution in [3.8, 4) is 0 Å². The van der Waals surface area contributed by atoms with E-state index in [1.807, 2.05) is 12.3 Å². The van der Waals surface area contributed by atoms with Crippen molar-refractivity contribution < 1.29 is 0 Å². The van der Waals surface area contributed by atoms with Crippen LogP contribution in [0.4, 0.5) is 5.69 Å². The lowest BCUT2D eigenvalue weighted by Gasteiger charge is -2.07. The highest BCUT2D eigenvalue weighted by Gasteiger charge is 2.01. The van der Waals surface area contributed by atoms with E-state index in [-0.39, 0.29) is 0 Å². The number of H-pyrrole nitrogens is 1. The summed E-state index contributed by atoms with van der Waals surface area (Å²) in [5.41, 5.74) is 4.71. The third-order valence-corrected chi connectivity index (χ3v) is 3.08. The van der Waals surface area contributed by atoms with Crippen LogP contribution < -0.4 is 5.32 Å². The summed E-state index contributed by atoms with van der Waals surface area (Å²) in [5.74, 6) is 0. The van der Waals surface area contributed by atoms with E-state index < -0.39 is 0 Å². The van der Waals surface area contributed by atoms with Gasteiger partial charge in [0.25, 0.3) is 0 Å². The molecule has 3 aromatic rings. The van der Waals surface area contributed by atoms with Crippen LogP contribution in [0.25, 0.3) is 10.9 Å². The minimum atomic E-state index is 0.818. The van der Waals surface area contributed by atoms with Gasteiger partial charge in [-0.15, -0.1) is 0 Å². The maximum Gasteiger partial charge on any atom is 0.0881 e. The Morgan fingerprint density at radius 2 is 1.94 bits per heavy atom. The van der Waals surface area contributed by atoms with Crippen LogP contribution >= 0.6 is 0 Å². The Kier molecular flexibility index (Phi) is 2.73. The SMILES string of the molecule is Cc1ccc(CNc2cccc3cn[nH]c23)cc1. The molecule has 1 aromatic heterocycles. The maximum absolute atomic E-state index is 4.06. The fraction of sp³-hybridized carbons (Fsp3) is 0.133. The highest BCUT2D eigenvalue weighted by Crippen LogP contribution is 2.21. The monoisotopic (exact) mass is 237 g/mol. The lowest BCUT2D eigenvalue weighted by Crippen LogP contribution is -1.99. The zero-order valence-electron chi connectivity index (χ0n) is 10.3. The molecule has 3 rings (SSSR count). The average molecular weight is 237 g/mol. The van der Waals surface area contributed by atoms with Crippen molar-refractivity contribution in [2.24, 2.45) is 0 Å². The minimum Gasteiger partial charge on any atom is -0.379 e. The van der Waals surface area contributed by atoms with Crippen LogP contribution in [-0.4, -0.2) is 10.2 Å². The molecule has 0 saturated heterocycles. The summed E-state index contributed by atoms with van der Waals surface area (Å²) in [5, 5.41) is 11.7. The van der Waals surface area contributed by atoms with Crippen molar-refractivity contribution in [3.63, 3.8) is 0 Å². The molecular formula is C15H15N3. The average Bonchev–Trinajstić information content (AvgIpc) is 2.87. The summed E-state index contributed by atoms with van der Waals surface area (Å²) in [7, 11) is 0. The van der Waals surface area contributed by atoms with Crippen molar-refractivity contribution >= 4 is 16.6 Å². The molecule has 0 spiro atoms. The number of rotatable bonds is 3. The summed E-state index contributed by atoms with van der Waals surface area (Å²) in [6, 6.07) is 14.7. The molecule has 1 heterocycles. The summed E-state index contributed by atoms with van der Waals surface area (Å²) in [4.78, 5) is 0. The predicted octanol–water partition coefficient (Wildman–Crippen LogP) is 3.48. The van der Waals surface area contributed by atoms with Gasteiger partial charge in [-0.1, -0.05) is 42.0 Å². The molecule has 0 saturated carbocycles. The van der Waals surface area contributed by atoms with Gasteiger partial charge in [0, 0.05) is 11.9 Å². The number of nitrogens with zero attached hydrogens (tertiary/aromatic N) is 1. The first-order valence-electron chi connectivity index (χ1n) is 6.04. The minimum absolute atomic E-state index is 0.818. The second kappa shape index (κ2) is 4.53. The summed E-state index contributed by atoms with van der Waals surface area (Å²) in [6.45, 7) is 2.92. The Bertz CT molecular complexity index is 653. The molecule has 2 aromatic carbocycles. The number of anilines is 1. The van der Waals surface area contributed by atoms with Gasteiger partial charge in [-0.25, -0.2) is 0 Å². The number of para-hydroxylation sites is 1. The fourth-order valence-corrected chi connectivity index (χ4v) is 2.02. The van der Waals surface area contributed by atoms with E-state index in [0.29, 0.717) is 0 Å². The standard InChI is InChI=1S/C15H15N3/c1-11-5-7-12(8-6-11)9-16-14-4-2-3-13-10-17-18-15(13)14/h2-8,10,16H,9H2,1H3,(H,17,18). The third-order valence-electron chi connectivity index (χ3n) is 3.08. The second-order valence-electron chi connectivity index (χ2n) is 4.48. The Morgan fingerprint density at radius 3 is 2.78 bits per heavy atom. The number of hydrogen-bond acceptors (Lipinski definition) is 2. The van der Waals surface area contributed by atoms with Crippen LogP contribution in [0.5, 0.6) is 0 Å². The molecule has 0 aliphatic rings. The Labute approximate surface area is 106 Å². The highest BCUT2D eigenvalue weighted by molar-refractivity contribution is 5.89. The van der Waals surface area contributed by atoms with E-state index in [4.69, 9.17) is 0 Å². The number of aromatic nitrogens is 2. The van der Waals surface area contributed by atoms with Crippen LogP contribution in [0.1, 0.15) is 11.1 Å². The van der Waals surface area contributed by atoms with Crippen LogP contribution in [-0.2, 0) is 6.54 Å². The first kappa shape index (κ1) is 10.8. The number of benzene rings is 2. The largest absolute Gasteiger partial charge is 0.379 e. The van der Waals surface area contributed by atoms with Crippen molar-refractivity contribution in [3.05, 3.63) is 59.8 Å². The van der Waals surface area contributed by atoms with E-state index in [1.165, 1.54) is 11.1 Å². The fourth-order valence-electron chi connectivity index (χ4n) is 2.02. The third kappa shape index (κ3) is 2.07. The van der Waals surface area contributed by atoms with Crippen LogP contribution in [0.3, 0.4) is 0 Å². The zero-order valence-corrected chi connectivity index (χ0v) is 10.3. The van der Waals surface area contributed by atoms with E-state index in [2.05, 4.69) is 58.8 Å². The van der Waals surface area contributed by atoms with Gasteiger partial charge in [-0.05, 0) is 18.6 Å². The highest BCUT2D eigenvalue weighted by atomic mass is 15.1. The second-order valence-corrected chi connectivity index (χ2v) is 4.48. The lowest BCUT2D eigenvalue weighted by molar-refractivity contribution is 1.11. The lowest BCUT2D eigenvalue weighted by atomic mass is 10.1. The van der Waals surface area contributed by atoms with Crippen LogP contribution in [0, 0.1) is 6.92 Å². The van der Waals surface area contributed by atoms with Crippen LogP contribution in [0.2, 0.25) is 0 Å². The Morgan fingerprint density at radius 1 is 1.11 bits per heavy atom. The van der Waals surface area contributed by atoms with Gasteiger partial charge in [0.1, 0.15) is 0 Å². The van der Waals surface area contributed by atoms with E-state index in [1.54, 1.807) is 0 Å². The van der Waals surface area contributed by atoms with Crippen molar-refractivity contribution in [1.82, 2.24) is 10.2 Å². The van der Waals surface area contributed by atoms with Crippen LogP contribution in [0.15, 0.2) is 48.7 Å². The van der Waals surface area contributed by atoms with Gasteiger partial charge in [0.15, 0.2) is 0 Å². The Balaban J connectivity index is 1.80. The first-order chi connectivity index (χ1) is 8.83. The van der Waals surface area contributed by atoms with E-state index in [0.717, 1.165) is 23.1 Å². The van der Waals surface area contributed by atoms with Crippen molar-refractivity contribution in [2.45, 2.75) is 13.5 Å². The topological polar surface area (TPSA) is 40.7 Å². The summed E-state index contributed by atoms with van der Waals surface area (Å²) < 4.78 is 0. The summed E-state index contributed by atoms with van der Waals surface area (Å²) in [6.07, 6.45) is 1.84. The molecule has 0 bridgehead atoms. The van der Waals surface area contributed by atoms with Gasteiger partial charge < -0.3 is 5.32 Å². The molecule has 0 aliphatic heterocycles. The Hall–Kier alpha value is -2.29. The summed E-state index contributed by atoms with van der Waals surface area (Å²) >= 11 is 0. The molecule has 90 valence electrons. The first-order valence-corrected chi connectivity index (χ1v) is 6.04. The van der Waals surface area contributed by atoms with Gasteiger partial charge in [-0.3, -0.25) is 5.10 Å². The maximum atomic E-state index is 4.06. The van der Waals surface area contributed by atoms with Gasteiger partial charge in [0.2, 0.25) is 0 Å². The number of hydrogen-bond donors (Lipinski definition) is 2. The number of fused-ring (bicyclic) bond motifs is 1. The molecular weight excluding hydrogens is 222 g/mol. The van der Waals surface area contributed by atoms with Crippen molar-refractivity contribution in [1.29, 1.82) is 0 Å². The normalized spacial score (nSPS) is 10.7. The van der Waals surface area contributed by atoms with Gasteiger partial charge in [-0.2, -0.15) is 5.10 Å². The zero-order chi connectivity index (χ0) is 12.4. The van der Waals surface area contributed by atoms with Gasteiger partial charge in [0.05, 0.1) is 17.4 Å². The molecule has 0 radical (unpaired) electrons. The molecule has 2 N–H and O–H groups in total. The van der Waals surface area contributed by atoms with Crippen molar-refractivity contribution in [2.75, 3.05) is 5.32 Å². The molecule has 0 aliphatic carbocycles. The number of aryl methyl sites for hydroxylation is 1. The molecule has 18 heavy (non-hydrogen) atoms. The molecule has 3 heteroatoms. The van der Waals surface area contributed by atoms with Gasteiger partial charge >= 0.3 is 0 Å². The number of aromatic amines is 1. The number of nitrogens with one attached hydrogen (secondary N) is 2. The van der Waals surface area contributed by atoms with E-state index >= 15 is 0 Å². The molecule has 0 unspecified atom stereocenters. The van der Waals surface area contributed by atoms with E-state index in [9.17, 15) is 0 Å². The molecule has 3 nitrogen and oxygen atoms in total. The smallest absolute Gasteiger partial charge is 0.0881 e. The molecule has 0 atom stereocenters. The predicted molar refractivity (Wildman–Crippen MR) is 74.6 cm³/mol. The molecule has 0 amide bonds. The quantitative estimate of drug-likeness (QED) is 0.732. The molecule has 0 fully saturated rings.